The lowest BCUT2D eigenvalue weighted by atomic mass is 9.87. The van der Waals surface area contributed by atoms with Gasteiger partial charge in [0.2, 0.25) is 15.9 Å². The molecule has 0 aliphatic carbocycles. The van der Waals surface area contributed by atoms with Crippen LogP contribution in [0.15, 0.2) is 80.9 Å². The zero-order chi connectivity index (χ0) is 40.1. The number of rotatable bonds is 21. The van der Waals surface area contributed by atoms with Crippen LogP contribution in [0.2, 0.25) is 5.02 Å². The number of nitrogens with one attached hydrogen (secondary N) is 1. The van der Waals surface area contributed by atoms with Crippen molar-refractivity contribution in [2.24, 2.45) is 9.78 Å². The van der Waals surface area contributed by atoms with Crippen LogP contribution in [0, 0.1) is 5.41 Å². The van der Waals surface area contributed by atoms with Crippen molar-refractivity contribution in [2.45, 2.75) is 140 Å². The van der Waals surface area contributed by atoms with Crippen LogP contribution in [-0.4, -0.2) is 39.7 Å². The first kappa shape index (κ1) is 46.4. The third-order valence-electron chi connectivity index (χ3n) is 8.60. The molecule has 0 bridgehead atoms. The summed E-state index contributed by atoms with van der Waals surface area (Å²) in [6, 6.07) is 14.0. The van der Waals surface area contributed by atoms with Gasteiger partial charge in [-0.1, -0.05) is 136 Å². The number of phenolic OH excluding ortho intramolecular Hbond substituents is 1. The predicted octanol–water partition coefficient (Wildman–Crippen LogP) is 11.1. The highest BCUT2D eigenvalue weighted by molar-refractivity contribution is 7.91. The van der Waals surface area contributed by atoms with Crippen LogP contribution < -0.4 is 10.1 Å². The van der Waals surface area contributed by atoms with Crippen LogP contribution in [0.4, 0.5) is 11.4 Å². The lowest BCUT2D eigenvalue weighted by molar-refractivity contribution is -0.140. The van der Waals surface area contributed by atoms with Crippen molar-refractivity contribution in [3.8, 4) is 11.5 Å². The predicted molar refractivity (Wildman–Crippen MR) is 216 cm³/mol. The molecule has 0 aromatic heterocycles. The van der Waals surface area contributed by atoms with Crippen LogP contribution in [0.5, 0.6) is 11.5 Å². The SMILES string of the molecule is CC(C)(C)C(=O)C(Oc1ccc(S(=O)(=O)c2ccc(O)cc2)cc1)C(=O)Nc1cc(N=S(=O)=O)ccc1Cl.CCCCCCCCCCCCCCCC. The second-order valence-electron chi connectivity index (χ2n) is 14.3. The maximum absolute atomic E-state index is 13.1. The maximum atomic E-state index is 13.1. The molecule has 0 saturated carbocycles. The van der Waals surface area contributed by atoms with Crippen molar-refractivity contribution in [3.63, 3.8) is 0 Å². The topological polar surface area (TPSA) is 156 Å². The van der Waals surface area contributed by atoms with Crippen molar-refractivity contribution in [3.05, 3.63) is 71.8 Å². The van der Waals surface area contributed by atoms with E-state index in [1.54, 1.807) is 20.8 Å². The smallest absolute Gasteiger partial charge is 0.316 e. The number of amides is 1. The summed E-state index contributed by atoms with van der Waals surface area (Å²) in [7, 11) is -6.63. The second kappa shape index (κ2) is 23.9. The van der Waals surface area contributed by atoms with Crippen molar-refractivity contribution in [1.82, 2.24) is 0 Å². The number of hydrogen-bond acceptors (Lipinski definition) is 9. The Balaban J connectivity index is 0.000000531. The molecule has 1 amide bonds. The summed E-state index contributed by atoms with van der Waals surface area (Å²) in [5.41, 5.74) is -0.984. The van der Waals surface area contributed by atoms with E-state index in [0.717, 1.165) is 0 Å². The third-order valence-corrected chi connectivity index (χ3v) is 11.1. The van der Waals surface area contributed by atoms with Gasteiger partial charge >= 0.3 is 10.5 Å². The highest BCUT2D eigenvalue weighted by Gasteiger charge is 2.37. The molecule has 0 aliphatic heterocycles. The molecule has 3 rings (SSSR count). The molecule has 3 aromatic rings. The van der Waals surface area contributed by atoms with Gasteiger partial charge in [0.25, 0.3) is 5.91 Å². The molecule has 1 atom stereocenters. The fourth-order valence-electron chi connectivity index (χ4n) is 5.43. The van der Waals surface area contributed by atoms with E-state index in [-0.39, 0.29) is 37.7 Å². The summed E-state index contributed by atoms with van der Waals surface area (Å²) in [5.74, 6) is -1.49. The van der Waals surface area contributed by atoms with Gasteiger partial charge in [0, 0.05) is 5.41 Å². The van der Waals surface area contributed by atoms with Gasteiger partial charge in [-0.2, -0.15) is 8.42 Å². The van der Waals surface area contributed by atoms with Crippen molar-refractivity contribution in [2.75, 3.05) is 5.32 Å². The van der Waals surface area contributed by atoms with Gasteiger partial charge in [-0.25, -0.2) is 8.42 Å². The summed E-state index contributed by atoms with van der Waals surface area (Å²) in [6.45, 7) is 9.38. The summed E-state index contributed by atoms with van der Waals surface area (Å²) in [4.78, 5) is 26.1. The number of ketones is 1. The van der Waals surface area contributed by atoms with E-state index in [0.29, 0.717) is 0 Å². The minimum absolute atomic E-state index is 0.00285. The van der Waals surface area contributed by atoms with Crippen LogP contribution in [0.25, 0.3) is 0 Å². The molecule has 1 unspecified atom stereocenters. The molecule has 0 fully saturated rings. The van der Waals surface area contributed by atoms with Crippen LogP contribution in [0.1, 0.15) is 125 Å². The molecule has 13 heteroatoms. The first-order valence-corrected chi connectivity index (χ1v) is 21.8. The summed E-state index contributed by atoms with van der Waals surface area (Å²) in [6.07, 6.45) is 18.8. The van der Waals surface area contributed by atoms with Crippen molar-refractivity contribution < 1.29 is 36.3 Å². The Morgan fingerprint density at radius 1 is 0.759 bits per heavy atom. The van der Waals surface area contributed by atoms with Gasteiger partial charge in [-0.3, -0.25) is 9.59 Å². The van der Waals surface area contributed by atoms with E-state index < -0.39 is 43.5 Å². The number of phenols is 1. The van der Waals surface area contributed by atoms with E-state index in [9.17, 15) is 31.5 Å². The monoisotopic (exact) mass is 804 g/mol. The Morgan fingerprint density at radius 2 is 1.20 bits per heavy atom. The lowest BCUT2D eigenvalue weighted by Gasteiger charge is -2.25. The quantitative estimate of drug-likeness (QED) is 0.0796. The molecule has 3 aromatic carbocycles. The van der Waals surface area contributed by atoms with E-state index in [1.807, 2.05) is 0 Å². The van der Waals surface area contributed by atoms with Crippen molar-refractivity contribution >= 4 is 55.0 Å². The summed E-state index contributed by atoms with van der Waals surface area (Å²) < 4.78 is 56.5. The molecule has 0 saturated heterocycles. The van der Waals surface area contributed by atoms with Crippen LogP contribution >= 0.6 is 11.6 Å². The Bertz CT molecular complexity index is 1830. The average Bonchev–Trinajstić information content (AvgIpc) is 3.12. The van der Waals surface area contributed by atoms with Gasteiger partial charge in [0.05, 0.1) is 26.2 Å². The maximum Gasteiger partial charge on any atom is 0.316 e. The van der Waals surface area contributed by atoms with Crippen LogP contribution in [-0.2, 0) is 29.9 Å². The van der Waals surface area contributed by atoms with Gasteiger partial charge in [0.1, 0.15) is 11.5 Å². The number of nitrogens with zero attached hydrogens (tertiary/aromatic N) is 1. The van der Waals surface area contributed by atoms with Gasteiger partial charge in [-0.15, -0.1) is 4.36 Å². The van der Waals surface area contributed by atoms with E-state index in [2.05, 4.69) is 23.5 Å². The summed E-state index contributed by atoms with van der Waals surface area (Å²) in [5, 5.41) is 11.9. The largest absolute Gasteiger partial charge is 0.508 e. The highest BCUT2D eigenvalue weighted by Crippen LogP contribution is 2.30. The van der Waals surface area contributed by atoms with Gasteiger partial charge < -0.3 is 15.2 Å². The Kier molecular flexibility index (Phi) is 20.6. The van der Waals surface area contributed by atoms with E-state index in [1.165, 1.54) is 157 Å². The fraction of sp³-hybridized carbons (Fsp3) is 0.512. The zero-order valence-corrected chi connectivity index (χ0v) is 34.7. The number of sulfone groups is 1. The molecular weight excluding hydrogens is 748 g/mol. The highest BCUT2D eigenvalue weighted by atomic mass is 35.5. The number of unbranched alkanes of at least 4 members (excludes halogenated alkanes) is 13. The molecule has 0 spiro atoms. The zero-order valence-electron chi connectivity index (χ0n) is 32.3. The van der Waals surface area contributed by atoms with Crippen molar-refractivity contribution in [1.29, 1.82) is 0 Å². The molecule has 0 heterocycles. The minimum Gasteiger partial charge on any atom is -0.508 e. The number of hydrogen-bond donors (Lipinski definition) is 2. The van der Waals surface area contributed by atoms with Crippen LogP contribution in [0.3, 0.4) is 0 Å². The number of carbonyl (C=O) groups excluding carboxylic acids is 2. The third kappa shape index (κ3) is 16.7. The number of benzene rings is 3. The molecule has 0 radical (unpaired) electrons. The first-order chi connectivity index (χ1) is 25.6. The Hall–Kier alpha value is -3.74. The number of carbonyl (C=O) groups is 2. The standard InChI is InChI=1S/C25H23ClN2O8S2.C16H34/c1-25(2,3)23(30)22(24(31)27-21-14-15(28-37(32)33)4-13-20(21)26)36-17-7-11-19(12-8-17)38(34,35)18-9-5-16(29)6-10-18;1-3-5-7-9-11-13-15-16-14-12-10-8-6-4-2/h4-14,22,29H,1-3H3,(H,27,31);3-16H2,1-2H3. The van der Waals surface area contributed by atoms with E-state index in [4.69, 9.17) is 16.3 Å². The molecule has 10 nitrogen and oxygen atoms in total. The molecule has 54 heavy (non-hydrogen) atoms. The normalized spacial score (nSPS) is 11.9. The van der Waals surface area contributed by atoms with Gasteiger partial charge in [-0.05, 0) is 66.7 Å². The number of Topliss-reactive ketones (excluding diaryl/α,β-unsaturated/α-hetero) is 1. The Labute approximate surface area is 328 Å². The number of anilines is 1. The van der Waals surface area contributed by atoms with Gasteiger partial charge in [0.15, 0.2) is 5.78 Å². The second-order valence-corrected chi connectivity index (χ2v) is 17.3. The number of aromatic hydroxyl groups is 1. The number of halogens is 1. The molecule has 298 valence electrons. The average molecular weight is 805 g/mol. The minimum atomic E-state index is -3.90. The number of ether oxygens (including phenoxy) is 1. The Morgan fingerprint density at radius 3 is 1.63 bits per heavy atom. The lowest BCUT2D eigenvalue weighted by Crippen LogP contribution is -2.45. The van der Waals surface area contributed by atoms with E-state index >= 15 is 0 Å². The summed E-state index contributed by atoms with van der Waals surface area (Å²) >= 11 is 6.12. The molecule has 2 N–H and O–H groups in total. The molecular formula is C41H57ClN2O8S2. The fourth-order valence-corrected chi connectivity index (χ4v) is 7.14. The first-order valence-electron chi connectivity index (χ1n) is 18.9. The molecule has 0 aliphatic rings.